The van der Waals surface area contributed by atoms with Gasteiger partial charge in [-0.3, -0.25) is 4.79 Å². The molecular formula is C22H27N5O4S. The van der Waals surface area contributed by atoms with E-state index in [-0.39, 0.29) is 5.91 Å². The minimum Gasteiger partial charge on any atom is -0.493 e. The van der Waals surface area contributed by atoms with Crippen molar-refractivity contribution in [3.05, 3.63) is 28.9 Å². The predicted octanol–water partition coefficient (Wildman–Crippen LogP) is 3.03. The van der Waals surface area contributed by atoms with Gasteiger partial charge in [-0.2, -0.15) is 0 Å². The molecule has 1 aliphatic heterocycles. The van der Waals surface area contributed by atoms with E-state index in [1.807, 2.05) is 6.92 Å². The molecule has 3 aromatic rings. The van der Waals surface area contributed by atoms with Gasteiger partial charge in [0.15, 0.2) is 11.5 Å². The topological polar surface area (TPSA) is 89.0 Å². The highest BCUT2D eigenvalue weighted by Crippen LogP contribution is 2.41. The Labute approximate surface area is 190 Å². The number of carbonyl (C=O) groups is 1. The summed E-state index contributed by atoms with van der Waals surface area (Å²) in [7, 11) is 6.74. The lowest BCUT2D eigenvalue weighted by molar-refractivity contribution is 0.103. The van der Waals surface area contributed by atoms with Crippen LogP contribution in [-0.2, 0) is 0 Å². The van der Waals surface area contributed by atoms with Crippen molar-refractivity contribution in [1.82, 2.24) is 14.9 Å². The second-order valence-corrected chi connectivity index (χ2v) is 8.59. The molecule has 1 aromatic carbocycles. The van der Waals surface area contributed by atoms with Crippen molar-refractivity contribution in [1.29, 1.82) is 0 Å². The van der Waals surface area contributed by atoms with E-state index in [1.165, 1.54) is 32.7 Å². The quantitative estimate of drug-likeness (QED) is 0.604. The summed E-state index contributed by atoms with van der Waals surface area (Å²) >= 11 is 1.37. The van der Waals surface area contributed by atoms with E-state index in [0.717, 1.165) is 47.8 Å². The van der Waals surface area contributed by atoms with E-state index in [9.17, 15) is 4.79 Å². The van der Waals surface area contributed by atoms with E-state index in [4.69, 9.17) is 14.2 Å². The molecule has 32 heavy (non-hydrogen) atoms. The van der Waals surface area contributed by atoms with Gasteiger partial charge in [0.05, 0.1) is 31.6 Å². The molecule has 0 spiro atoms. The Bertz CT molecular complexity index is 1120. The van der Waals surface area contributed by atoms with Crippen molar-refractivity contribution in [2.45, 2.75) is 6.92 Å². The van der Waals surface area contributed by atoms with Crippen molar-refractivity contribution >= 4 is 39.0 Å². The number of hydrogen-bond donors (Lipinski definition) is 1. The molecule has 1 N–H and O–H groups in total. The number of anilines is 2. The van der Waals surface area contributed by atoms with Crippen LogP contribution in [0.1, 0.15) is 15.2 Å². The van der Waals surface area contributed by atoms with Gasteiger partial charge >= 0.3 is 0 Å². The van der Waals surface area contributed by atoms with Gasteiger partial charge in [-0.1, -0.05) is 0 Å². The minimum absolute atomic E-state index is 0.218. The zero-order valence-corrected chi connectivity index (χ0v) is 19.7. The third-order valence-corrected chi connectivity index (χ3v) is 6.84. The summed E-state index contributed by atoms with van der Waals surface area (Å²) in [6, 6.07) is 3.41. The molecule has 0 bridgehead atoms. The first-order valence-corrected chi connectivity index (χ1v) is 11.1. The molecule has 1 amide bonds. The van der Waals surface area contributed by atoms with E-state index in [0.29, 0.717) is 27.8 Å². The number of amides is 1. The Morgan fingerprint density at radius 1 is 1.03 bits per heavy atom. The summed E-state index contributed by atoms with van der Waals surface area (Å²) in [5, 5.41) is 3.89. The molecule has 0 saturated carbocycles. The Morgan fingerprint density at radius 3 is 2.28 bits per heavy atom. The Kier molecular flexibility index (Phi) is 6.33. The number of methoxy groups -OCH3 is 3. The number of nitrogens with zero attached hydrogens (tertiary/aromatic N) is 4. The fourth-order valence-electron chi connectivity index (χ4n) is 3.87. The van der Waals surface area contributed by atoms with E-state index < -0.39 is 0 Å². The van der Waals surface area contributed by atoms with Crippen LogP contribution >= 0.6 is 11.3 Å². The molecule has 2 aromatic heterocycles. The average Bonchev–Trinajstić information content (AvgIpc) is 3.15. The van der Waals surface area contributed by atoms with Gasteiger partial charge in [0.25, 0.3) is 5.91 Å². The molecule has 0 radical (unpaired) electrons. The summed E-state index contributed by atoms with van der Waals surface area (Å²) in [5.41, 5.74) is 1.43. The first-order valence-electron chi connectivity index (χ1n) is 10.3. The number of fused-ring (bicyclic) bond motifs is 1. The number of ether oxygens (including phenoxy) is 3. The lowest BCUT2D eigenvalue weighted by Gasteiger charge is -2.33. The fourth-order valence-corrected chi connectivity index (χ4v) is 4.91. The van der Waals surface area contributed by atoms with E-state index >= 15 is 0 Å². The van der Waals surface area contributed by atoms with E-state index in [2.05, 4.69) is 32.1 Å². The Hall–Kier alpha value is -3.11. The van der Waals surface area contributed by atoms with Gasteiger partial charge in [-0.15, -0.1) is 11.3 Å². The fraction of sp³-hybridized carbons (Fsp3) is 0.409. The first-order chi connectivity index (χ1) is 15.5. The zero-order valence-electron chi connectivity index (χ0n) is 18.9. The zero-order chi connectivity index (χ0) is 22.8. The third kappa shape index (κ3) is 4.03. The van der Waals surface area contributed by atoms with Crippen LogP contribution < -0.4 is 24.4 Å². The number of hydrogen-bond acceptors (Lipinski definition) is 9. The lowest BCUT2D eigenvalue weighted by atomic mass is 10.1. The smallest absolute Gasteiger partial charge is 0.266 e. The van der Waals surface area contributed by atoms with Crippen LogP contribution in [0, 0.1) is 6.92 Å². The molecule has 9 nitrogen and oxygen atoms in total. The highest BCUT2D eigenvalue weighted by Gasteiger charge is 2.24. The average molecular weight is 458 g/mol. The maximum Gasteiger partial charge on any atom is 0.266 e. The second-order valence-electron chi connectivity index (χ2n) is 7.59. The number of carbonyl (C=O) groups excluding carboxylic acids is 1. The van der Waals surface area contributed by atoms with Crippen LogP contribution in [0.2, 0.25) is 0 Å². The van der Waals surface area contributed by atoms with Crippen molar-refractivity contribution in [2.75, 3.05) is 64.8 Å². The standard InChI is InChI=1S/C22H27N5O4S/c1-13-17-20(27-8-6-26(2)7-9-27)23-12-24-22(17)32-19(13)21(28)25-14-10-15(29-3)18(31-5)16(11-14)30-4/h10-12H,6-9H2,1-5H3,(H,25,28). The maximum absolute atomic E-state index is 13.2. The molecule has 0 atom stereocenters. The van der Waals surface area contributed by atoms with Crippen molar-refractivity contribution in [3.63, 3.8) is 0 Å². The van der Waals surface area contributed by atoms with Gasteiger partial charge in [-0.25, -0.2) is 9.97 Å². The van der Waals surface area contributed by atoms with Crippen molar-refractivity contribution in [2.24, 2.45) is 0 Å². The molecule has 3 heterocycles. The molecule has 0 unspecified atom stereocenters. The summed E-state index contributed by atoms with van der Waals surface area (Å²) < 4.78 is 16.1. The van der Waals surface area contributed by atoms with Crippen molar-refractivity contribution in [3.8, 4) is 17.2 Å². The highest BCUT2D eigenvalue weighted by molar-refractivity contribution is 7.20. The number of aromatic nitrogens is 2. The molecule has 4 rings (SSSR count). The SMILES string of the molecule is COc1cc(NC(=O)c2sc3ncnc(N4CCN(C)CC4)c3c2C)cc(OC)c1OC. The van der Waals surface area contributed by atoms with Crippen molar-refractivity contribution < 1.29 is 19.0 Å². The Morgan fingerprint density at radius 2 is 1.69 bits per heavy atom. The van der Waals surface area contributed by atoms with Gasteiger partial charge in [0, 0.05) is 44.0 Å². The minimum atomic E-state index is -0.218. The van der Waals surface area contributed by atoms with Crippen LogP contribution in [0.15, 0.2) is 18.5 Å². The number of nitrogens with one attached hydrogen (secondary N) is 1. The second kappa shape index (κ2) is 9.17. The largest absolute Gasteiger partial charge is 0.493 e. The van der Waals surface area contributed by atoms with Gasteiger partial charge < -0.3 is 29.3 Å². The third-order valence-electron chi connectivity index (χ3n) is 5.64. The number of likely N-dealkylation sites (N-methyl/N-ethyl adjacent to an activating group) is 1. The van der Waals surface area contributed by atoms with Gasteiger partial charge in [-0.05, 0) is 19.5 Å². The predicted molar refractivity (Wildman–Crippen MR) is 126 cm³/mol. The number of piperazine rings is 1. The van der Waals surface area contributed by atoms with Crippen LogP contribution in [0.5, 0.6) is 17.2 Å². The van der Waals surface area contributed by atoms with Gasteiger partial charge in [0.2, 0.25) is 5.75 Å². The molecule has 1 aliphatic rings. The lowest BCUT2D eigenvalue weighted by Crippen LogP contribution is -2.44. The molecule has 0 aliphatic carbocycles. The molecule has 170 valence electrons. The number of benzene rings is 1. The summed E-state index contributed by atoms with van der Waals surface area (Å²) in [4.78, 5) is 28.2. The molecule has 1 saturated heterocycles. The normalized spacial score (nSPS) is 14.5. The summed E-state index contributed by atoms with van der Waals surface area (Å²) in [6.07, 6.45) is 1.58. The number of aryl methyl sites for hydroxylation is 1. The van der Waals surface area contributed by atoms with Crippen LogP contribution in [0.3, 0.4) is 0 Å². The molecular weight excluding hydrogens is 430 g/mol. The van der Waals surface area contributed by atoms with Crippen LogP contribution in [-0.4, -0.2) is 75.3 Å². The molecule has 1 fully saturated rings. The van der Waals surface area contributed by atoms with Crippen LogP contribution in [0.4, 0.5) is 11.5 Å². The summed E-state index contributed by atoms with van der Waals surface area (Å²) in [5.74, 6) is 2.09. The molecule has 10 heteroatoms. The number of thiophene rings is 1. The Balaban J connectivity index is 1.67. The highest BCUT2D eigenvalue weighted by atomic mass is 32.1. The van der Waals surface area contributed by atoms with Crippen LogP contribution in [0.25, 0.3) is 10.2 Å². The summed E-state index contributed by atoms with van der Waals surface area (Å²) in [6.45, 7) is 5.69. The maximum atomic E-state index is 13.2. The van der Waals surface area contributed by atoms with E-state index in [1.54, 1.807) is 18.5 Å². The first kappa shape index (κ1) is 22.1. The monoisotopic (exact) mass is 457 g/mol. The number of rotatable bonds is 6. The van der Waals surface area contributed by atoms with Gasteiger partial charge in [0.1, 0.15) is 17.0 Å².